The number of rotatable bonds is 3. The van der Waals surface area contributed by atoms with Crippen LogP contribution in [0, 0.1) is 5.41 Å². The van der Waals surface area contributed by atoms with Crippen molar-refractivity contribution in [3.63, 3.8) is 0 Å². The lowest BCUT2D eigenvalue weighted by Gasteiger charge is -2.39. The average molecular weight is 356 g/mol. The molecule has 1 fully saturated rings. The Bertz CT molecular complexity index is 896. The molecule has 1 aliphatic rings. The van der Waals surface area contributed by atoms with Crippen molar-refractivity contribution in [2.24, 2.45) is 5.41 Å². The number of aromatic nitrogens is 4. The zero-order valence-electron chi connectivity index (χ0n) is 14.6. The minimum atomic E-state index is 0.458. The highest BCUT2D eigenvalue weighted by molar-refractivity contribution is 6.30. The van der Waals surface area contributed by atoms with Gasteiger partial charge in [0.25, 0.3) is 0 Å². The zero-order valence-corrected chi connectivity index (χ0v) is 15.3. The van der Waals surface area contributed by atoms with Crippen molar-refractivity contribution in [2.75, 3.05) is 18.0 Å². The Morgan fingerprint density at radius 3 is 2.80 bits per heavy atom. The van der Waals surface area contributed by atoms with Crippen LogP contribution in [-0.4, -0.2) is 33.3 Å². The Hall–Kier alpha value is -2.14. The highest BCUT2D eigenvalue weighted by Crippen LogP contribution is 2.35. The van der Waals surface area contributed by atoms with Gasteiger partial charge in [0.2, 0.25) is 5.65 Å². The quantitative estimate of drug-likeness (QED) is 0.740. The molecule has 25 heavy (non-hydrogen) atoms. The van der Waals surface area contributed by atoms with Gasteiger partial charge in [0.15, 0.2) is 0 Å². The Balaban J connectivity index is 1.62. The van der Waals surface area contributed by atoms with Crippen molar-refractivity contribution in [1.82, 2.24) is 20.2 Å². The van der Waals surface area contributed by atoms with Gasteiger partial charge in [-0.15, -0.1) is 0 Å². The fourth-order valence-corrected chi connectivity index (χ4v) is 3.60. The van der Waals surface area contributed by atoms with Gasteiger partial charge >= 0.3 is 0 Å². The van der Waals surface area contributed by atoms with Crippen LogP contribution in [0.2, 0.25) is 5.02 Å². The molecule has 0 amide bonds. The van der Waals surface area contributed by atoms with Crippen molar-refractivity contribution in [2.45, 2.75) is 33.1 Å². The van der Waals surface area contributed by atoms with Crippen LogP contribution in [0.4, 0.5) is 5.82 Å². The Labute approximate surface area is 152 Å². The summed E-state index contributed by atoms with van der Waals surface area (Å²) in [5, 5.41) is 8.11. The predicted molar refractivity (Wildman–Crippen MR) is 102 cm³/mol. The number of hydrogen-bond donors (Lipinski definition) is 1. The molecule has 0 saturated carbocycles. The lowest BCUT2D eigenvalue weighted by atomic mass is 9.78. The maximum absolute atomic E-state index is 6.10. The normalized spacial score (nSPS) is 17.2. The van der Waals surface area contributed by atoms with E-state index in [0.717, 1.165) is 35.7 Å². The number of piperidine rings is 1. The van der Waals surface area contributed by atoms with Crippen LogP contribution in [0.25, 0.3) is 22.4 Å². The highest BCUT2D eigenvalue weighted by atomic mass is 35.5. The monoisotopic (exact) mass is 355 g/mol. The highest BCUT2D eigenvalue weighted by Gasteiger charge is 2.29. The molecule has 0 unspecified atom stereocenters. The Morgan fingerprint density at radius 1 is 1.28 bits per heavy atom. The summed E-state index contributed by atoms with van der Waals surface area (Å²) in [4.78, 5) is 11.7. The van der Waals surface area contributed by atoms with E-state index >= 15 is 0 Å². The van der Waals surface area contributed by atoms with Crippen LogP contribution >= 0.6 is 11.6 Å². The van der Waals surface area contributed by atoms with Crippen molar-refractivity contribution in [3.8, 4) is 11.3 Å². The molecule has 4 rings (SSSR count). The lowest BCUT2D eigenvalue weighted by Crippen LogP contribution is -2.38. The standard InChI is InChI=1S/C19H22ClN5/c1-3-19(2)7-9-25(10-8-19)15-12-21-17-16(23-24-18(17)22-15)13-5-4-6-14(20)11-13/h4-6,11-12H,3,7-10H2,1-2H3,(H,22,23,24). The molecule has 1 aromatic carbocycles. The Kier molecular flexibility index (Phi) is 4.12. The third-order valence-corrected chi connectivity index (χ3v) is 5.75. The topological polar surface area (TPSA) is 57.7 Å². The number of aromatic amines is 1. The first-order chi connectivity index (χ1) is 12.1. The molecule has 3 heterocycles. The first kappa shape index (κ1) is 16.3. The van der Waals surface area contributed by atoms with Gasteiger partial charge in [-0.2, -0.15) is 5.10 Å². The molecule has 1 aliphatic heterocycles. The van der Waals surface area contributed by atoms with Gasteiger partial charge in [0, 0.05) is 23.7 Å². The molecule has 130 valence electrons. The zero-order chi connectivity index (χ0) is 17.4. The van der Waals surface area contributed by atoms with Crippen LogP contribution in [0.3, 0.4) is 0 Å². The molecule has 2 aromatic heterocycles. The molecule has 0 atom stereocenters. The number of H-pyrrole nitrogens is 1. The maximum atomic E-state index is 6.10. The molecular formula is C19H22ClN5. The van der Waals surface area contributed by atoms with Gasteiger partial charge in [-0.25, -0.2) is 9.97 Å². The van der Waals surface area contributed by atoms with E-state index in [1.807, 2.05) is 30.5 Å². The molecule has 3 aromatic rings. The van der Waals surface area contributed by atoms with Crippen LogP contribution in [0.1, 0.15) is 33.1 Å². The van der Waals surface area contributed by atoms with Crippen molar-refractivity contribution < 1.29 is 0 Å². The summed E-state index contributed by atoms with van der Waals surface area (Å²) in [6.45, 7) is 6.71. The van der Waals surface area contributed by atoms with Crippen LogP contribution in [-0.2, 0) is 0 Å². The third kappa shape index (κ3) is 3.09. The summed E-state index contributed by atoms with van der Waals surface area (Å²) >= 11 is 6.10. The van der Waals surface area contributed by atoms with Crippen molar-refractivity contribution in [3.05, 3.63) is 35.5 Å². The fraction of sp³-hybridized carbons (Fsp3) is 0.421. The molecule has 1 N–H and O–H groups in total. The van der Waals surface area contributed by atoms with E-state index in [-0.39, 0.29) is 0 Å². The van der Waals surface area contributed by atoms with E-state index in [2.05, 4.69) is 33.9 Å². The number of halogens is 1. The molecular weight excluding hydrogens is 334 g/mol. The minimum absolute atomic E-state index is 0.458. The van der Waals surface area contributed by atoms with Gasteiger partial charge in [0.05, 0.1) is 11.9 Å². The smallest absolute Gasteiger partial charge is 0.202 e. The summed E-state index contributed by atoms with van der Waals surface area (Å²) in [5.74, 6) is 0.912. The summed E-state index contributed by atoms with van der Waals surface area (Å²) in [6.07, 6.45) is 5.48. The van der Waals surface area contributed by atoms with Crippen LogP contribution in [0.5, 0.6) is 0 Å². The van der Waals surface area contributed by atoms with E-state index in [4.69, 9.17) is 16.6 Å². The number of hydrogen-bond acceptors (Lipinski definition) is 4. The third-order valence-electron chi connectivity index (χ3n) is 5.51. The summed E-state index contributed by atoms with van der Waals surface area (Å²) in [7, 11) is 0. The molecule has 0 aliphatic carbocycles. The average Bonchev–Trinajstić information content (AvgIpc) is 3.05. The SMILES string of the molecule is CCC1(C)CCN(c2cnc3c(-c4cccc(Cl)c4)[nH]nc3n2)CC1. The molecule has 1 saturated heterocycles. The number of benzene rings is 1. The number of nitrogens with one attached hydrogen (secondary N) is 1. The second-order valence-electron chi connectivity index (χ2n) is 7.16. The predicted octanol–water partition coefficient (Wildman–Crippen LogP) is 4.69. The van der Waals surface area contributed by atoms with Gasteiger partial charge < -0.3 is 4.90 Å². The van der Waals surface area contributed by atoms with Crippen molar-refractivity contribution in [1.29, 1.82) is 0 Å². The van der Waals surface area contributed by atoms with Gasteiger partial charge in [-0.05, 0) is 30.4 Å². The minimum Gasteiger partial charge on any atom is -0.355 e. The van der Waals surface area contributed by atoms with E-state index < -0.39 is 0 Å². The number of fused-ring (bicyclic) bond motifs is 1. The molecule has 0 bridgehead atoms. The molecule has 0 spiro atoms. The summed E-state index contributed by atoms with van der Waals surface area (Å²) in [5.41, 5.74) is 3.71. The maximum Gasteiger partial charge on any atom is 0.202 e. The number of nitrogens with zero attached hydrogens (tertiary/aromatic N) is 4. The van der Waals surface area contributed by atoms with Gasteiger partial charge in [-0.3, -0.25) is 5.10 Å². The number of anilines is 1. The van der Waals surface area contributed by atoms with E-state index in [1.54, 1.807) is 0 Å². The molecule has 6 heteroatoms. The second kappa shape index (κ2) is 6.30. The van der Waals surface area contributed by atoms with E-state index in [1.165, 1.54) is 19.3 Å². The summed E-state index contributed by atoms with van der Waals surface area (Å²) in [6, 6.07) is 7.67. The first-order valence-corrected chi connectivity index (χ1v) is 9.18. The van der Waals surface area contributed by atoms with Crippen LogP contribution < -0.4 is 4.90 Å². The first-order valence-electron chi connectivity index (χ1n) is 8.80. The van der Waals surface area contributed by atoms with Crippen molar-refractivity contribution >= 4 is 28.6 Å². The van der Waals surface area contributed by atoms with E-state index in [9.17, 15) is 0 Å². The molecule has 0 radical (unpaired) electrons. The van der Waals surface area contributed by atoms with Gasteiger partial charge in [0.1, 0.15) is 11.3 Å². The van der Waals surface area contributed by atoms with E-state index in [0.29, 0.717) is 16.1 Å². The fourth-order valence-electron chi connectivity index (χ4n) is 3.41. The largest absolute Gasteiger partial charge is 0.355 e. The summed E-state index contributed by atoms with van der Waals surface area (Å²) < 4.78 is 0. The molecule has 5 nitrogen and oxygen atoms in total. The van der Waals surface area contributed by atoms with Crippen LogP contribution in [0.15, 0.2) is 30.5 Å². The Morgan fingerprint density at radius 2 is 2.08 bits per heavy atom. The second-order valence-corrected chi connectivity index (χ2v) is 7.60. The van der Waals surface area contributed by atoms with Gasteiger partial charge in [-0.1, -0.05) is 44.0 Å². The lowest BCUT2D eigenvalue weighted by molar-refractivity contribution is 0.238.